The van der Waals surface area contributed by atoms with E-state index in [0.717, 1.165) is 31.4 Å². The van der Waals surface area contributed by atoms with Gasteiger partial charge >= 0.3 is 0 Å². The van der Waals surface area contributed by atoms with E-state index in [1.165, 1.54) is 0 Å². The van der Waals surface area contributed by atoms with Gasteiger partial charge in [-0.3, -0.25) is 9.69 Å². The largest absolute Gasteiger partial charge is 0.419 e. The number of primary amides is 1. The zero-order chi connectivity index (χ0) is 14.7. The predicted molar refractivity (Wildman–Crippen MR) is 77.0 cm³/mol. The van der Waals surface area contributed by atoms with Crippen molar-refractivity contribution in [2.24, 2.45) is 5.73 Å². The first kappa shape index (κ1) is 13.8. The molecule has 0 radical (unpaired) electrons. The van der Waals surface area contributed by atoms with E-state index in [-0.39, 0.29) is 11.9 Å². The SMILES string of the molecule is NC(=O)C1CCCCN1Cc1nnc(-c2ccccc2)o1. The molecule has 1 aliphatic heterocycles. The molecule has 1 aliphatic rings. The van der Waals surface area contributed by atoms with Gasteiger partial charge in [-0.1, -0.05) is 24.6 Å². The molecular formula is C15H18N4O2. The van der Waals surface area contributed by atoms with E-state index in [0.29, 0.717) is 18.3 Å². The summed E-state index contributed by atoms with van der Waals surface area (Å²) in [5.41, 5.74) is 6.35. The zero-order valence-electron chi connectivity index (χ0n) is 11.7. The van der Waals surface area contributed by atoms with E-state index in [4.69, 9.17) is 10.2 Å². The van der Waals surface area contributed by atoms with E-state index in [1.807, 2.05) is 35.2 Å². The molecule has 2 aromatic rings. The second-order valence-corrected chi connectivity index (χ2v) is 5.25. The van der Waals surface area contributed by atoms with Crippen LogP contribution in [0.15, 0.2) is 34.7 Å². The minimum Gasteiger partial charge on any atom is -0.419 e. The van der Waals surface area contributed by atoms with Crippen LogP contribution in [0, 0.1) is 0 Å². The number of piperidine rings is 1. The van der Waals surface area contributed by atoms with E-state index in [2.05, 4.69) is 10.2 Å². The molecule has 1 aromatic heterocycles. The quantitative estimate of drug-likeness (QED) is 0.922. The molecule has 0 aliphatic carbocycles. The van der Waals surface area contributed by atoms with Crippen LogP contribution in [0.25, 0.3) is 11.5 Å². The van der Waals surface area contributed by atoms with Crippen LogP contribution in [-0.2, 0) is 11.3 Å². The summed E-state index contributed by atoms with van der Waals surface area (Å²) in [6.45, 7) is 1.30. The number of aromatic nitrogens is 2. The summed E-state index contributed by atoms with van der Waals surface area (Å²) in [5.74, 6) is 0.734. The summed E-state index contributed by atoms with van der Waals surface area (Å²) in [7, 11) is 0. The standard InChI is InChI=1S/C15H18N4O2/c16-14(20)12-8-4-5-9-19(12)10-13-17-18-15(21-13)11-6-2-1-3-7-11/h1-3,6-7,12H,4-5,8-10H2,(H2,16,20). The Kier molecular flexibility index (Phi) is 3.96. The highest BCUT2D eigenvalue weighted by atomic mass is 16.4. The van der Waals surface area contributed by atoms with Gasteiger partial charge in [0, 0.05) is 5.56 Å². The van der Waals surface area contributed by atoms with Crippen LogP contribution < -0.4 is 5.73 Å². The molecular weight excluding hydrogens is 268 g/mol. The van der Waals surface area contributed by atoms with Gasteiger partial charge in [0.1, 0.15) is 0 Å². The first-order chi connectivity index (χ1) is 10.2. The highest BCUT2D eigenvalue weighted by Gasteiger charge is 2.28. The van der Waals surface area contributed by atoms with Crippen molar-refractivity contribution in [3.05, 3.63) is 36.2 Å². The van der Waals surface area contributed by atoms with Crippen molar-refractivity contribution >= 4 is 5.91 Å². The highest BCUT2D eigenvalue weighted by molar-refractivity contribution is 5.79. The normalized spacial score (nSPS) is 19.5. The first-order valence-electron chi connectivity index (χ1n) is 7.15. The Balaban J connectivity index is 1.73. The van der Waals surface area contributed by atoms with Gasteiger partial charge in [-0.15, -0.1) is 10.2 Å². The van der Waals surface area contributed by atoms with Gasteiger partial charge < -0.3 is 10.2 Å². The van der Waals surface area contributed by atoms with Crippen molar-refractivity contribution in [1.29, 1.82) is 0 Å². The fourth-order valence-corrected chi connectivity index (χ4v) is 2.69. The predicted octanol–water partition coefficient (Wildman–Crippen LogP) is 1.58. The summed E-state index contributed by atoms with van der Waals surface area (Å²) in [6, 6.07) is 9.39. The maximum Gasteiger partial charge on any atom is 0.247 e. The molecule has 0 spiro atoms. The summed E-state index contributed by atoms with van der Waals surface area (Å²) >= 11 is 0. The molecule has 1 fully saturated rings. The third-order valence-electron chi connectivity index (χ3n) is 3.77. The van der Waals surface area contributed by atoms with Crippen molar-refractivity contribution in [3.63, 3.8) is 0 Å². The molecule has 1 unspecified atom stereocenters. The lowest BCUT2D eigenvalue weighted by Crippen LogP contribution is -2.47. The lowest BCUT2D eigenvalue weighted by Gasteiger charge is -2.32. The minimum atomic E-state index is -0.280. The van der Waals surface area contributed by atoms with Gasteiger partial charge in [-0.2, -0.15) is 0 Å². The minimum absolute atomic E-state index is 0.231. The van der Waals surface area contributed by atoms with Gasteiger partial charge in [0.05, 0.1) is 12.6 Å². The van der Waals surface area contributed by atoms with Crippen LogP contribution in [0.4, 0.5) is 0 Å². The number of hydrogen-bond donors (Lipinski definition) is 1. The summed E-state index contributed by atoms with van der Waals surface area (Å²) in [5, 5.41) is 8.13. The molecule has 110 valence electrons. The van der Waals surface area contributed by atoms with Crippen molar-refractivity contribution in [1.82, 2.24) is 15.1 Å². The highest BCUT2D eigenvalue weighted by Crippen LogP contribution is 2.21. The number of carbonyl (C=O) groups is 1. The second-order valence-electron chi connectivity index (χ2n) is 5.25. The molecule has 0 saturated carbocycles. The van der Waals surface area contributed by atoms with E-state index >= 15 is 0 Å². The fraction of sp³-hybridized carbons (Fsp3) is 0.400. The third kappa shape index (κ3) is 3.11. The molecule has 21 heavy (non-hydrogen) atoms. The lowest BCUT2D eigenvalue weighted by molar-refractivity contribution is -0.124. The number of rotatable bonds is 4. The molecule has 1 atom stereocenters. The van der Waals surface area contributed by atoms with E-state index in [9.17, 15) is 4.79 Å². The summed E-state index contributed by atoms with van der Waals surface area (Å²) in [6.07, 6.45) is 2.89. The Hall–Kier alpha value is -2.21. The van der Waals surface area contributed by atoms with Crippen LogP contribution in [-0.4, -0.2) is 33.6 Å². The Morgan fingerprint density at radius 3 is 2.86 bits per heavy atom. The lowest BCUT2D eigenvalue weighted by atomic mass is 10.0. The molecule has 6 nitrogen and oxygen atoms in total. The van der Waals surface area contributed by atoms with Crippen LogP contribution in [0.5, 0.6) is 0 Å². The monoisotopic (exact) mass is 286 g/mol. The molecule has 1 saturated heterocycles. The van der Waals surface area contributed by atoms with E-state index < -0.39 is 0 Å². The Bertz CT molecular complexity index is 611. The smallest absolute Gasteiger partial charge is 0.247 e. The number of nitrogens with zero attached hydrogens (tertiary/aromatic N) is 3. The van der Waals surface area contributed by atoms with Crippen molar-refractivity contribution in [3.8, 4) is 11.5 Å². The third-order valence-corrected chi connectivity index (χ3v) is 3.77. The van der Waals surface area contributed by atoms with Crippen molar-refractivity contribution in [2.75, 3.05) is 6.54 Å². The molecule has 6 heteroatoms. The Labute approximate surface area is 123 Å². The Morgan fingerprint density at radius 2 is 2.10 bits per heavy atom. The molecule has 0 bridgehead atoms. The average molecular weight is 286 g/mol. The van der Waals surface area contributed by atoms with E-state index in [1.54, 1.807) is 0 Å². The molecule has 1 amide bonds. The van der Waals surface area contributed by atoms with Crippen molar-refractivity contribution < 1.29 is 9.21 Å². The fourth-order valence-electron chi connectivity index (χ4n) is 2.69. The van der Waals surface area contributed by atoms with Crippen LogP contribution in [0.1, 0.15) is 25.2 Å². The molecule has 2 N–H and O–H groups in total. The Morgan fingerprint density at radius 1 is 1.29 bits per heavy atom. The first-order valence-corrected chi connectivity index (χ1v) is 7.15. The van der Waals surface area contributed by atoms with Crippen LogP contribution >= 0.6 is 0 Å². The second kappa shape index (κ2) is 6.05. The zero-order valence-corrected chi connectivity index (χ0v) is 11.7. The molecule has 1 aromatic carbocycles. The van der Waals surface area contributed by atoms with Gasteiger partial charge in [0.15, 0.2) is 0 Å². The van der Waals surface area contributed by atoms with Crippen LogP contribution in [0.3, 0.4) is 0 Å². The number of nitrogens with two attached hydrogens (primary N) is 1. The number of benzene rings is 1. The number of hydrogen-bond acceptors (Lipinski definition) is 5. The number of likely N-dealkylation sites (tertiary alicyclic amines) is 1. The topological polar surface area (TPSA) is 85.3 Å². The average Bonchev–Trinajstić information content (AvgIpc) is 2.97. The maximum atomic E-state index is 11.5. The van der Waals surface area contributed by atoms with Gasteiger partial charge in [0.2, 0.25) is 17.7 Å². The molecule has 3 rings (SSSR count). The van der Waals surface area contributed by atoms with Gasteiger partial charge in [-0.05, 0) is 31.5 Å². The number of carbonyl (C=O) groups excluding carboxylic acids is 1. The van der Waals surface area contributed by atoms with Gasteiger partial charge in [0.25, 0.3) is 0 Å². The number of amides is 1. The van der Waals surface area contributed by atoms with Crippen molar-refractivity contribution in [2.45, 2.75) is 31.8 Å². The van der Waals surface area contributed by atoms with Gasteiger partial charge in [-0.25, -0.2) is 0 Å². The summed E-state index contributed by atoms with van der Waals surface area (Å²) in [4.78, 5) is 13.5. The maximum absolute atomic E-state index is 11.5. The summed E-state index contributed by atoms with van der Waals surface area (Å²) < 4.78 is 5.68. The van der Waals surface area contributed by atoms with Crippen LogP contribution in [0.2, 0.25) is 0 Å². The molecule has 2 heterocycles.